The summed E-state index contributed by atoms with van der Waals surface area (Å²) in [6, 6.07) is 8.46. The molecule has 1 aromatic carbocycles. The zero-order valence-electron chi connectivity index (χ0n) is 13.6. The topological polar surface area (TPSA) is 18.5 Å². The summed E-state index contributed by atoms with van der Waals surface area (Å²) >= 11 is 0. The third-order valence-corrected chi connectivity index (χ3v) is 4.31. The fourth-order valence-corrected chi connectivity index (χ4v) is 2.98. The first-order valence-electron chi connectivity index (χ1n) is 8.67. The quantitative estimate of drug-likeness (QED) is 0.587. The van der Waals surface area contributed by atoms with Gasteiger partial charge in [0.15, 0.2) is 0 Å². The van der Waals surface area contributed by atoms with Crippen molar-refractivity contribution < 1.29 is 9.47 Å². The van der Waals surface area contributed by atoms with Crippen LogP contribution in [-0.4, -0.2) is 13.2 Å². The fourth-order valence-electron chi connectivity index (χ4n) is 2.98. The first-order valence-corrected chi connectivity index (χ1v) is 8.67. The normalized spacial score (nSPS) is 22.2. The molecule has 2 unspecified atom stereocenters. The van der Waals surface area contributed by atoms with Crippen LogP contribution < -0.4 is 4.74 Å². The molecule has 0 N–H and O–H groups in total. The van der Waals surface area contributed by atoms with Gasteiger partial charge in [0.2, 0.25) is 0 Å². The Labute approximate surface area is 129 Å². The minimum absolute atomic E-state index is 0.285. The highest BCUT2D eigenvalue weighted by atomic mass is 16.5. The minimum Gasteiger partial charge on any atom is -0.494 e. The van der Waals surface area contributed by atoms with E-state index < -0.39 is 0 Å². The largest absolute Gasteiger partial charge is 0.494 e. The first-order chi connectivity index (χ1) is 10.3. The molecule has 0 saturated carbocycles. The monoisotopic (exact) mass is 290 g/mol. The number of ether oxygens (including phenoxy) is 2. The van der Waals surface area contributed by atoms with Crippen LogP contribution in [0, 0.1) is 5.92 Å². The van der Waals surface area contributed by atoms with Crippen LogP contribution in [0.4, 0.5) is 0 Å². The average Bonchev–Trinajstić information content (AvgIpc) is 2.54. The molecule has 1 aliphatic rings. The zero-order chi connectivity index (χ0) is 14.9. The van der Waals surface area contributed by atoms with Crippen molar-refractivity contribution in [2.45, 2.75) is 64.9 Å². The molecular weight excluding hydrogens is 260 g/mol. The summed E-state index contributed by atoms with van der Waals surface area (Å²) in [7, 11) is 0. The van der Waals surface area contributed by atoms with Crippen LogP contribution in [0.25, 0.3) is 0 Å². The Balaban J connectivity index is 1.76. The summed E-state index contributed by atoms with van der Waals surface area (Å²) in [4.78, 5) is 0. The molecule has 0 aromatic heterocycles. The van der Waals surface area contributed by atoms with Gasteiger partial charge in [-0.2, -0.15) is 0 Å². The second-order valence-electron chi connectivity index (χ2n) is 6.18. The molecule has 0 amide bonds. The average molecular weight is 290 g/mol. The lowest BCUT2D eigenvalue weighted by atomic mass is 9.91. The number of hydrogen-bond donors (Lipinski definition) is 0. The lowest BCUT2D eigenvalue weighted by Gasteiger charge is -2.29. The number of rotatable bonds is 8. The SMILES string of the molecule is CCCCCC1CCC(c2ccc(OCCC)cc2)OC1. The van der Waals surface area contributed by atoms with E-state index in [0.717, 1.165) is 37.7 Å². The van der Waals surface area contributed by atoms with E-state index in [2.05, 4.69) is 38.1 Å². The predicted octanol–water partition coefficient (Wildman–Crippen LogP) is 5.52. The highest BCUT2D eigenvalue weighted by Crippen LogP contribution is 2.33. The van der Waals surface area contributed by atoms with Crippen LogP contribution in [0.5, 0.6) is 5.75 Å². The van der Waals surface area contributed by atoms with E-state index in [9.17, 15) is 0 Å². The van der Waals surface area contributed by atoms with E-state index in [-0.39, 0.29) is 6.10 Å². The molecule has 2 heteroatoms. The van der Waals surface area contributed by atoms with E-state index >= 15 is 0 Å². The van der Waals surface area contributed by atoms with Crippen molar-refractivity contribution in [1.82, 2.24) is 0 Å². The van der Waals surface area contributed by atoms with Gasteiger partial charge in [-0.15, -0.1) is 0 Å². The van der Waals surface area contributed by atoms with Crippen LogP contribution in [0.3, 0.4) is 0 Å². The lowest BCUT2D eigenvalue weighted by molar-refractivity contribution is -0.0199. The summed E-state index contributed by atoms with van der Waals surface area (Å²) in [6.45, 7) is 6.11. The maximum atomic E-state index is 6.09. The molecular formula is C19H30O2. The number of unbranched alkanes of at least 4 members (excludes halogenated alkanes) is 2. The summed E-state index contributed by atoms with van der Waals surface area (Å²) in [5.41, 5.74) is 1.30. The molecule has 1 aromatic rings. The third kappa shape index (κ3) is 5.35. The third-order valence-electron chi connectivity index (χ3n) is 4.31. The van der Waals surface area contributed by atoms with Crippen molar-refractivity contribution in [2.75, 3.05) is 13.2 Å². The molecule has 118 valence electrons. The standard InChI is InChI=1S/C19H30O2/c1-3-5-6-7-16-8-13-19(21-15-16)17-9-11-18(12-10-17)20-14-4-2/h9-12,16,19H,3-8,13-15H2,1-2H3. The molecule has 1 saturated heterocycles. The van der Waals surface area contributed by atoms with Crippen LogP contribution in [0.1, 0.15) is 70.5 Å². The van der Waals surface area contributed by atoms with Crippen molar-refractivity contribution in [1.29, 1.82) is 0 Å². The molecule has 1 aliphatic heterocycles. The van der Waals surface area contributed by atoms with E-state index in [4.69, 9.17) is 9.47 Å². The minimum atomic E-state index is 0.285. The van der Waals surface area contributed by atoms with Gasteiger partial charge in [0.25, 0.3) is 0 Å². The molecule has 21 heavy (non-hydrogen) atoms. The molecule has 0 spiro atoms. The van der Waals surface area contributed by atoms with E-state index in [0.29, 0.717) is 0 Å². The van der Waals surface area contributed by atoms with Gasteiger partial charge in [0.05, 0.1) is 19.3 Å². The van der Waals surface area contributed by atoms with Crippen LogP contribution >= 0.6 is 0 Å². The smallest absolute Gasteiger partial charge is 0.119 e. The molecule has 1 fully saturated rings. The molecule has 2 atom stereocenters. The van der Waals surface area contributed by atoms with Crippen LogP contribution in [0.2, 0.25) is 0 Å². The van der Waals surface area contributed by atoms with E-state index in [1.165, 1.54) is 37.7 Å². The highest BCUT2D eigenvalue weighted by Gasteiger charge is 2.22. The van der Waals surface area contributed by atoms with Crippen molar-refractivity contribution in [3.63, 3.8) is 0 Å². The van der Waals surface area contributed by atoms with Crippen molar-refractivity contribution >= 4 is 0 Å². The predicted molar refractivity (Wildman–Crippen MR) is 87.8 cm³/mol. The Morgan fingerprint density at radius 3 is 2.48 bits per heavy atom. The summed E-state index contributed by atoms with van der Waals surface area (Å²) in [6.07, 6.45) is 9.17. The van der Waals surface area contributed by atoms with Gasteiger partial charge in [-0.25, -0.2) is 0 Å². The zero-order valence-corrected chi connectivity index (χ0v) is 13.6. The number of hydrogen-bond acceptors (Lipinski definition) is 2. The maximum Gasteiger partial charge on any atom is 0.119 e. The van der Waals surface area contributed by atoms with E-state index in [1.807, 2.05) is 0 Å². The molecule has 0 aliphatic carbocycles. The maximum absolute atomic E-state index is 6.09. The Morgan fingerprint density at radius 1 is 1.05 bits per heavy atom. The van der Waals surface area contributed by atoms with Crippen molar-refractivity contribution in [2.24, 2.45) is 5.92 Å². The van der Waals surface area contributed by atoms with Crippen LogP contribution in [0.15, 0.2) is 24.3 Å². The second kappa shape index (κ2) is 9.09. The van der Waals surface area contributed by atoms with Crippen molar-refractivity contribution in [3.05, 3.63) is 29.8 Å². The van der Waals surface area contributed by atoms with Crippen molar-refractivity contribution in [3.8, 4) is 5.75 Å². The highest BCUT2D eigenvalue weighted by molar-refractivity contribution is 5.28. The molecule has 0 bridgehead atoms. The first kappa shape index (κ1) is 16.4. The molecule has 2 nitrogen and oxygen atoms in total. The van der Waals surface area contributed by atoms with Gasteiger partial charge in [-0.05, 0) is 49.3 Å². The van der Waals surface area contributed by atoms with E-state index in [1.54, 1.807) is 0 Å². The van der Waals surface area contributed by atoms with Gasteiger partial charge >= 0.3 is 0 Å². The Morgan fingerprint density at radius 2 is 1.86 bits per heavy atom. The van der Waals surface area contributed by atoms with Crippen LogP contribution in [-0.2, 0) is 4.74 Å². The van der Waals surface area contributed by atoms with Gasteiger partial charge in [-0.3, -0.25) is 0 Å². The Kier molecular flexibility index (Phi) is 7.08. The molecule has 2 rings (SSSR count). The van der Waals surface area contributed by atoms with Gasteiger partial charge < -0.3 is 9.47 Å². The van der Waals surface area contributed by atoms with Gasteiger partial charge in [-0.1, -0.05) is 45.2 Å². The fraction of sp³-hybridized carbons (Fsp3) is 0.684. The summed E-state index contributed by atoms with van der Waals surface area (Å²) < 4.78 is 11.7. The summed E-state index contributed by atoms with van der Waals surface area (Å²) in [5.74, 6) is 1.74. The molecule has 1 heterocycles. The summed E-state index contributed by atoms with van der Waals surface area (Å²) in [5, 5.41) is 0. The van der Waals surface area contributed by atoms with Gasteiger partial charge in [0, 0.05) is 0 Å². The Hall–Kier alpha value is -1.02. The Bertz CT molecular complexity index is 377. The molecule has 0 radical (unpaired) electrons. The lowest BCUT2D eigenvalue weighted by Crippen LogP contribution is -2.20. The van der Waals surface area contributed by atoms with Gasteiger partial charge in [0.1, 0.15) is 5.75 Å². The second-order valence-corrected chi connectivity index (χ2v) is 6.18. The number of benzene rings is 1.